The Hall–Kier alpha value is -5.50. The summed E-state index contributed by atoms with van der Waals surface area (Å²) in [5, 5.41) is 3.90. The van der Waals surface area contributed by atoms with Gasteiger partial charge in [0, 0.05) is 32.7 Å². The van der Waals surface area contributed by atoms with Crippen LogP contribution in [0.5, 0.6) is 0 Å². The van der Waals surface area contributed by atoms with Crippen molar-refractivity contribution in [3.8, 4) is 0 Å². The van der Waals surface area contributed by atoms with Crippen molar-refractivity contribution in [2.45, 2.75) is 11.8 Å². The summed E-state index contributed by atoms with van der Waals surface area (Å²) >= 11 is 0. The zero-order valence-corrected chi connectivity index (χ0v) is 21.1. The molecule has 8 nitrogen and oxygen atoms in total. The van der Waals surface area contributed by atoms with Gasteiger partial charge in [0.25, 0.3) is 0 Å². The zero-order chi connectivity index (χ0) is 26.2. The summed E-state index contributed by atoms with van der Waals surface area (Å²) in [6.45, 7) is 0. The average molecular weight is 517 g/mol. The number of aromatic amines is 2. The number of H-pyrrole nitrogens is 2. The Balaban J connectivity index is 1.51. The van der Waals surface area contributed by atoms with Gasteiger partial charge in [0.2, 0.25) is 0 Å². The third-order valence-corrected chi connectivity index (χ3v) is 7.80. The van der Waals surface area contributed by atoms with Crippen LogP contribution in [0.3, 0.4) is 0 Å². The summed E-state index contributed by atoms with van der Waals surface area (Å²) in [6, 6.07) is 16.3. The number of benzene rings is 2. The summed E-state index contributed by atoms with van der Waals surface area (Å²) in [5.41, 5.74) is 6.14. The van der Waals surface area contributed by atoms with Crippen molar-refractivity contribution in [1.29, 1.82) is 0 Å². The molecule has 2 N–H and O–H groups in total. The van der Waals surface area contributed by atoms with E-state index in [1.807, 2.05) is 48.6 Å². The number of nitrogens with zero attached hydrogens (tertiary/aromatic N) is 6. The van der Waals surface area contributed by atoms with Crippen molar-refractivity contribution < 1.29 is 0 Å². The highest BCUT2D eigenvalue weighted by atomic mass is 15.0. The van der Waals surface area contributed by atoms with Crippen LogP contribution in [0.2, 0.25) is 0 Å². The first-order chi connectivity index (χ1) is 19.8. The monoisotopic (exact) mass is 516 g/mol. The molecule has 0 amide bonds. The van der Waals surface area contributed by atoms with Gasteiger partial charge in [0.05, 0.1) is 11.8 Å². The highest BCUT2D eigenvalue weighted by molar-refractivity contribution is 6.05. The molecule has 2 atom stereocenters. The smallest absolute Gasteiger partial charge is 0.160 e. The largest absolute Gasteiger partial charge is 0.324 e. The molecule has 9 rings (SSSR count). The van der Waals surface area contributed by atoms with Gasteiger partial charge in [0.1, 0.15) is 34.2 Å². The number of aromatic nitrogens is 8. The summed E-state index contributed by atoms with van der Waals surface area (Å²) in [7, 11) is 0. The van der Waals surface area contributed by atoms with Crippen LogP contribution >= 0.6 is 0 Å². The first-order valence-electron chi connectivity index (χ1n) is 13.2. The fourth-order valence-corrected chi connectivity index (χ4v) is 5.89. The first kappa shape index (κ1) is 21.4. The minimum atomic E-state index is -0.0838. The molecule has 0 fully saturated rings. The van der Waals surface area contributed by atoms with E-state index < -0.39 is 0 Å². The zero-order valence-electron chi connectivity index (χ0n) is 21.1. The Kier molecular flexibility index (Phi) is 4.29. The molecule has 0 spiro atoms. The lowest BCUT2D eigenvalue weighted by Crippen LogP contribution is -2.10. The maximum absolute atomic E-state index is 5.06. The second kappa shape index (κ2) is 8.00. The SMILES string of the molecule is C1=CC2=c3nc(nc4[nH]c(nc5nc(nc6[nH]c(n3)c3ccccc63)=C3C=CC=CC35)c3ccccc43)C2C=C1. The molecular formula is C32H20N8. The van der Waals surface area contributed by atoms with Crippen LogP contribution in [-0.2, 0) is 0 Å². The third kappa shape index (κ3) is 3.07. The molecule has 2 unspecified atom stereocenters. The third-order valence-electron chi connectivity index (χ3n) is 7.80. The topological polar surface area (TPSA) is 109 Å². The van der Waals surface area contributed by atoms with E-state index >= 15 is 0 Å². The number of nitrogens with one attached hydrogen (secondary N) is 2. The normalized spacial score (nSPS) is 19.0. The highest BCUT2D eigenvalue weighted by Crippen LogP contribution is 2.32. The molecule has 8 heteroatoms. The lowest BCUT2D eigenvalue weighted by Gasteiger charge is -2.08. The highest BCUT2D eigenvalue weighted by Gasteiger charge is 2.25. The molecule has 5 heterocycles. The molecule has 5 aromatic rings. The molecule has 0 saturated carbocycles. The minimum Gasteiger partial charge on any atom is -0.324 e. The lowest BCUT2D eigenvalue weighted by molar-refractivity contribution is 0.965. The summed E-state index contributed by atoms with van der Waals surface area (Å²) in [5.74, 6) is 1.20. The number of rotatable bonds is 0. The van der Waals surface area contributed by atoms with Gasteiger partial charge in [-0.15, -0.1) is 0 Å². The Labute approximate surface area is 226 Å². The summed E-state index contributed by atoms with van der Waals surface area (Å²) < 4.78 is 0. The number of fused-ring (bicyclic) bond motifs is 18. The van der Waals surface area contributed by atoms with Gasteiger partial charge in [-0.25, -0.2) is 29.9 Å². The Morgan fingerprint density at radius 1 is 0.450 bits per heavy atom. The summed E-state index contributed by atoms with van der Waals surface area (Å²) in [4.78, 5) is 37.0. The molecular weight excluding hydrogens is 496 g/mol. The van der Waals surface area contributed by atoms with Crippen LogP contribution in [0, 0.1) is 0 Å². The fraction of sp³-hybridized carbons (Fsp3) is 0.0625. The second-order valence-electron chi connectivity index (χ2n) is 10.1. The molecule has 3 aromatic heterocycles. The van der Waals surface area contributed by atoms with Gasteiger partial charge < -0.3 is 9.97 Å². The van der Waals surface area contributed by atoms with Gasteiger partial charge in [-0.2, -0.15) is 0 Å². The van der Waals surface area contributed by atoms with Gasteiger partial charge in [-0.1, -0.05) is 97.1 Å². The van der Waals surface area contributed by atoms with E-state index in [9.17, 15) is 0 Å². The van der Waals surface area contributed by atoms with Crippen LogP contribution in [0.4, 0.5) is 0 Å². The van der Waals surface area contributed by atoms with Crippen molar-refractivity contribution >= 4 is 55.3 Å². The van der Waals surface area contributed by atoms with E-state index in [1.165, 1.54) is 0 Å². The number of hydrogen-bond donors (Lipinski definition) is 2. The lowest BCUT2D eigenvalue weighted by atomic mass is 9.96. The Morgan fingerprint density at radius 2 is 0.850 bits per heavy atom. The quantitative estimate of drug-likeness (QED) is 0.317. The molecule has 188 valence electrons. The molecule has 4 aliphatic rings. The van der Waals surface area contributed by atoms with Crippen LogP contribution in [0.1, 0.15) is 23.5 Å². The Bertz CT molecular complexity index is 2190. The van der Waals surface area contributed by atoms with Crippen LogP contribution in [-0.4, -0.2) is 39.9 Å². The van der Waals surface area contributed by atoms with Crippen molar-refractivity contribution in [2.24, 2.45) is 0 Å². The molecule has 40 heavy (non-hydrogen) atoms. The fourth-order valence-electron chi connectivity index (χ4n) is 5.89. The van der Waals surface area contributed by atoms with E-state index in [2.05, 4.69) is 58.5 Å². The van der Waals surface area contributed by atoms with Crippen LogP contribution < -0.4 is 11.0 Å². The van der Waals surface area contributed by atoms with Gasteiger partial charge in [-0.05, 0) is 0 Å². The molecule has 0 saturated heterocycles. The first-order valence-corrected chi connectivity index (χ1v) is 13.2. The number of hydrogen-bond acceptors (Lipinski definition) is 6. The van der Waals surface area contributed by atoms with Gasteiger partial charge >= 0.3 is 0 Å². The van der Waals surface area contributed by atoms with E-state index in [-0.39, 0.29) is 11.8 Å². The van der Waals surface area contributed by atoms with Crippen LogP contribution in [0.15, 0.2) is 97.1 Å². The number of allylic oxidation sites excluding steroid dienone is 8. The molecule has 2 aliphatic carbocycles. The second-order valence-corrected chi connectivity index (χ2v) is 10.1. The average Bonchev–Trinajstić information content (AvgIpc) is 3.73. The standard InChI is InChI=1S/C32H20N8/c1-2-10-18-17(9-1)25-33-26(18)38-28-21-13-5-6-14-22(21)30(35-28)40-32-24-16-8-7-15-23(24)31(36-32)39-29-20-12-4-3-11-19(20)27(34-29)37-25/h1-17,23H,(H,35,38,40)(H,33,34,36,37,39). The maximum atomic E-state index is 5.06. The molecule has 2 aromatic carbocycles. The maximum Gasteiger partial charge on any atom is 0.160 e. The van der Waals surface area contributed by atoms with Crippen molar-refractivity contribution in [3.05, 3.63) is 120 Å². The van der Waals surface area contributed by atoms with E-state index in [0.29, 0.717) is 45.2 Å². The van der Waals surface area contributed by atoms with E-state index in [0.717, 1.165) is 32.7 Å². The Morgan fingerprint density at radius 3 is 1.27 bits per heavy atom. The summed E-state index contributed by atoms with van der Waals surface area (Å²) in [6.07, 6.45) is 16.5. The molecule has 0 radical (unpaired) electrons. The van der Waals surface area contributed by atoms with Crippen molar-refractivity contribution in [3.63, 3.8) is 0 Å². The van der Waals surface area contributed by atoms with Crippen LogP contribution in [0.25, 0.3) is 55.3 Å². The van der Waals surface area contributed by atoms with Gasteiger partial charge in [0.15, 0.2) is 11.0 Å². The van der Waals surface area contributed by atoms with E-state index in [1.54, 1.807) is 0 Å². The van der Waals surface area contributed by atoms with Crippen molar-refractivity contribution in [1.82, 2.24) is 39.9 Å². The molecule has 2 aliphatic heterocycles. The predicted octanol–water partition coefficient (Wildman–Crippen LogP) is 4.32. The predicted molar refractivity (Wildman–Crippen MR) is 155 cm³/mol. The molecule has 8 bridgehead atoms. The van der Waals surface area contributed by atoms with Gasteiger partial charge in [-0.3, -0.25) is 0 Å². The minimum absolute atomic E-state index is 0.0838. The van der Waals surface area contributed by atoms with E-state index in [4.69, 9.17) is 29.9 Å². The van der Waals surface area contributed by atoms with Crippen molar-refractivity contribution in [2.75, 3.05) is 0 Å².